The fourth-order valence-corrected chi connectivity index (χ4v) is 3.39. The van der Waals surface area contributed by atoms with Crippen molar-refractivity contribution in [3.05, 3.63) is 35.1 Å². The highest BCUT2D eigenvalue weighted by Gasteiger charge is 2.42. The predicted octanol–water partition coefficient (Wildman–Crippen LogP) is 3.99. The first-order chi connectivity index (χ1) is 9.78. The van der Waals surface area contributed by atoms with Crippen LogP contribution in [0.1, 0.15) is 50.7 Å². The van der Waals surface area contributed by atoms with Crippen LogP contribution < -0.4 is 5.73 Å². The van der Waals surface area contributed by atoms with E-state index in [0.29, 0.717) is 5.41 Å². The van der Waals surface area contributed by atoms with E-state index in [1.54, 1.807) is 13.2 Å². The van der Waals surface area contributed by atoms with Crippen LogP contribution in [-0.2, 0) is 11.2 Å². The molecule has 1 aliphatic carbocycles. The summed E-state index contributed by atoms with van der Waals surface area (Å²) in [5.41, 5.74) is 8.73. The van der Waals surface area contributed by atoms with Crippen molar-refractivity contribution in [2.45, 2.75) is 64.5 Å². The highest BCUT2D eigenvalue weighted by molar-refractivity contribution is 5.28. The largest absolute Gasteiger partial charge is 0.377 e. The van der Waals surface area contributed by atoms with E-state index in [4.69, 9.17) is 10.5 Å². The van der Waals surface area contributed by atoms with Gasteiger partial charge in [-0.1, -0.05) is 19.9 Å². The summed E-state index contributed by atoms with van der Waals surface area (Å²) in [6.07, 6.45) is 5.00. The summed E-state index contributed by atoms with van der Waals surface area (Å²) >= 11 is 0. The lowest BCUT2D eigenvalue weighted by molar-refractivity contribution is -0.0781. The Kier molecular flexibility index (Phi) is 4.74. The van der Waals surface area contributed by atoms with Gasteiger partial charge in [0.15, 0.2) is 0 Å². The highest BCUT2D eigenvalue weighted by Crippen LogP contribution is 2.43. The molecule has 1 aromatic rings. The Morgan fingerprint density at radius 1 is 1.24 bits per heavy atom. The van der Waals surface area contributed by atoms with Gasteiger partial charge in [-0.2, -0.15) is 0 Å². The van der Waals surface area contributed by atoms with Crippen LogP contribution >= 0.6 is 0 Å². The van der Waals surface area contributed by atoms with Crippen LogP contribution in [0, 0.1) is 18.2 Å². The topological polar surface area (TPSA) is 35.2 Å². The summed E-state index contributed by atoms with van der Waals surface area (Å²) in [5, 5.41) is 0. The Balaban J connectivity index is 2.12. The minimum absolute atomic E-state index is 0.0530. The molecule has 1 aromatic carbocycles. The third-order valence-electron chi connectivity index (χ3n) is 5.28. The number of rotatable bonds is 4. The monoisotopic (exact) mass is 293 g/mol. The average molecular weight is 293 g/mol. The highest BCUT2D eigenvalue weighted by atomic mass is 19.1. The summed E-state index contributed by atoms with van der Waals surface area (Å²) in [5.74, 6) is -0.189. The maximum atomic E-state index is 13.2. The number of halogens is 1. The van der Waals surface area contributed by atoms with Crippen LogP contribution in [0.2, 0.25) is 0 Å². The SMILES string of the molecule is COC1(C(N)Cc2ccc(F)cc2C)CCC(C)(C)CC1. The molecule has 0 spiro atoms. The molecule has 0 amide bonds. The van der Waals surface area contributed by atoms with Gasteiger partial charge in [0, 0.05) is 13.2 Å². The summed E-state index contributed by atoms with van der Waals surface area (Å²) < 4.78 is 19.1. The lowest BCUT2D eigenvalue weighted by Gasteiger charge is -2.46. The molecule has 2 rings (SSSR count). The minimum Gasteiger partial charge on any atom is -0.377 e. The number of methoxy groups -OCH3 is 1. The number of hydrogen-bond donors (Lipinski definition) is 1. The van der Waals surface area contributed by atoms with E-state index in [2.05, 4.69) is 13.8 Å². The van der Waals surface area contributed by atoms with Gasteiger partial charge in [-0.25, -0.2) is 4.39 Å². The van der Waals surface area contributed by atoms with Crippen molar-refractivity contribution in [1.82, 2.24) is 0 Å². The van der Waals surface area contributed by atoms with Gasteiger partial charge in [0.1, 0.15) is 5.82 Å². The van der Waals surface area contributed by atoms with Crippen LogP contribution in [0.4, 0.5) is 4.39 Å². The third-order valence-corrected chi connectivity index (χ3v) is 5.28. The molecule has 1 unspecified atom stereocenters. The van der Waals surface area contributed by atoms with Gasteiger partial charge < -0.3 is 10.5 Å². The average Bonchev–Trinajstić information content (AvgIpc) is 2.42. The number of ether oxygens (including phenoxy) is 1. The van der Waals surface area contributed by atoms with E-state index in [9.17, 15) is 4.39 Å². The molecule has 0 aliphatic heterocycles. The molecule has 21 heavy (non-hydrogen) atoms. The second kappa shape index (κ2) is 6.05. The van der Waals surface area contributed by atoms with Crippen LogP contribution in [0.15, 0.2) is 18.2 Å². The number of benzene rings is 1. The van der Waals surface area contributed by atoms with Crippen molar-refractivity contribution < 1.29 is 9.13 Å². The molecule has 1 atom stereocenters. The molecule has 1 saturated carbocycles. The molecule has 2 nitrogen and oxygen atoms in total. The quantitative estimate of drug-likeness (QED) is 0.911. The van der Waals surface area contributed by atoms with Gasteiger partial charge in [0.05, 0.1) is 5.60 Å². The number of nitrogens with two attached hydrogens (primary N) is 1. The standard InChI is InChI=1S/C18H28FNO/c1-13-11-15(19)6-5-14(13)12-16(20)18(21-4)9-7-17(2,3)8-10-18/h5-6,11,16H,7-10,12,20H2,1-4H3. The number of hydrogen-bond acceptors (Lipinski definition) is 2. The molecule has 0 saturated heterocycles. The first kappa shape index (κ1) is 16.4. The Labute approximate surface area is 127 Å². The van der Waals surface area contributed by atoms with E-state index in [1.165, 1.54) is 6.07 Å². The smallest absolute Gasteiger partial charge is 0.123 e. The van der Waals surface area contributed by atoms with Crippen molar-refractivity contribution in [1.29, 1.82) is 0 Å². The molecule has 0 aromatic heterocycles. The van der Waals surface area contributed by atoms with Crippen molar-refractivity contribution in [3.63, 3.8) is 0 Å². The van der Waals surface area contributed by atoms with E-state index < -0.39 is 0 Å². The first-order valence-electron chi connectivity index (χ1n) is 7.84. The Bertz CT molecular complexity index is 488. The minimum atomic E-state index is -0.240. The Morgan fingerprint density at radius 2 is 1.86 bits per heavy atom. The molecule has 0 heterocycles. The lowest BCUT2D eigenvalue weighted by atomic mass is 9.67. The Hall–Kier alpha value is -0.930. The third kappa shape index (κ3) is 3.64. The maximum Gasteiger partial charge on any atom is 0.123 e. The Morgan fingerprint density at radius 3 is 2.38 bits per heavy atom. The van der Waals surface area contributed by atoms with E-state index in [1.807, 2.05) is 13.0 Å². The molecule has 2 N–H and O–H groups in total. The molecule has 118 valence electrons. The van der Waals surface area contributed by atoms with Gasteiger partial charge >= 0.3 is 0 Å². The van der Waals surface area contributed by atoms with E-state index in [-0.39, 0.29) is 17.5 Å². The van der Waals surface area contributed by atoms with Gasteiger partial charge in [-0.3, -0.25) is 0 Å². The van der Waals surface area contributed by atoms with Gasteiger partial charge in [0.2, 0.25) is 0 Å². The number of aryl methyl sites for hydroxylation is 1. The zero-order valence-electron chi connectivity index (χ0n) is 13.7. The van der Waals surface area contributed by atoms with Gasteiger partial charge in [0.25, 0.3) is 0 Å². The second-order valence-corrected chi connectivity index (χ2v) is 7.31. The lowest BCUT2D eigenvalue weighted by Crippen LogP contribution is -2.53. The van der Waals surface area contributed by atoms with Crippen LogP contribution in [0.25, 0.3) is 0 Å². The fraction of sp³-hybridized carbons (Fsp3) is 0.667. The van der Waals surface area contributed by atoms with Crippen LogP contribution in [0.3, 0.4) is 0 Å². The molecule has 0 radical (unpaired) electrons. The van der Waals surface area contributed by atoms with Crippen LogP contribution in [0.5, 0.6) is 0 Å². The summed E-state index contributed by atoms with van der Waals surface area (Å²) in [4.78, 5) is 0. The van der Waals surface area contributed by atoms with E-state index in [0.717, 1.165) is 43.2 Å². The van der Waals surface area contributed by atoms with Gasteiger partial charge in [-0.05, 0) is 67.7 Å². The normalized spacial score (nSPS) is 22.0. The molecule has 1 fully saturated rings. The molecular weight excluding hydrogens is 265 g/mol. The van der Waals surface area contributed by atoms with Crippen molar-refractivity contribution in [3.8, 4) is 0 Å². The molecular formula is C18H28FNO. The zero-order chi connectivity index (χ0) is 15.7. The maximum absolute atomic E-state index is 13.2. The summed E-state index contributed by atoms with van der Waals surface area (Å²) in [7, 11) is 1.77. The zero-order valence-corrected chi connectivity index (χ0v) is 13.7. The van der Waals surface area contributed by atoms with Crippen molar-refractivity contribution in [2.24, 2.45) is 11.1 Å². The second-order valence-electron chi connectivity index (χ2n) is 7.31. The molecule has 1 aliphatic rings. The fourth-order valence-electron chi connectivity index (χ4n) is 3.39. The summed E-state index contributed by atoms with van der Waals surface area (Å²) in [6, 6.07) is 4.88. The van der Waals surface area contributed by atoms with Crippen molar-refractivity contribution >= 4 is 0 Å². The predicted molar refractivity (Wildman–Crippen MR) is 84.8 cm³/mol. The summed E-state index contributed by atoms with van der Waals surface area (Å²) in [6.45, 7) is 6.55. The first-order valence-corrected chi connectivity index (χ1v) is 7.84. The molecule has 3 heteroatoms. The van der Waals surface area contributed by atoms with Crippen LogP contribution in [-0.4, -0.2) is 18.8 Å². The van der Waals surface area contributed by atoms with Crippen molar-refractivity contribution in [2.75, 3.05) is 7.11 Å². The molecule has 0 bridgehead atoms. The van der Waals surface area contributed by atoms with Gasteiger partial charge in [-0.15, -0.1) is 0 Å². The van der Waals surface area contributed by atoms with E-state index >= 15 is 0 Å².